The minimum absolute atomic E-state index is 0.000292. The minimum atomic E-state index is -2.17. The van der Waals surface area contributed by atoms with Crippen LogP contribution in [0, 0.1) is 5.92 Å². The molecule has 2 aliphatic rings. The Morgan fingerprint density at radius 1 is 0.466 bits per heavy atom. The van der Waals surface area contributed by atoms with Crippen molar-refractivity contribution < 1.29 is 127 Å². The number of aliphatic carboxylic acids is 2. The van der Waals surface area contributed by atoms with E-state index < -0.39 is 292 Å². The second kappa shape index (κ2) is 59.4. The molecular formula is C78H128N27O25S3+. The van der Waals surface area contributed by atoms with Gasteiger partial charge in [-0.3, -0.25) is 107 Å². The quantitative estimate of drug-likeness (QED) is 0.0246. The number of carbonyl (C=O) groups is 19. The molecule has 2 aliphatic heterocycles. The van der Waals surface area contributed by atoms with E-state index in [1.165, 1.54) is 45.0 Å². The van der Waals surface area contributed by atoms with Crippen LogP contribution in [0.15, 0.2) is 42.5 Å². The van der Waals surface area contributed by atoms with E-state index >= 15 is 9.59 Å². The number of aliphatic hydroxyl groups excluding tert-OH is 3. The minimum Gasteiger partial charge on any atom is -0.508 e. The first-order chi connectivity index (χ1) is 62.8. The first kappa shape index (κ1) is 114. The molecule has 0 saturated carbocycles. The van der Waals surface area contributed by atoms with Gasteiger partial charge in [0.15, 0.2) is 6.04 Å². The number of phenolic OH excluding ortho intramolecular Hbond substituents is 1. The summed E-state index contributed by atoms with van der Waals surface area (Å²) in [5.74, 6) is -25.1. The number of thioether (sulfide) groups is 3. The third-order valence-electron chi connectivity index (χ3n) is 19.8. The Kier molecular flexibility index (Phi) is 50.9. The van der Waals surface area contributed by atoms with Crippen LogP contribution in [0.1, 0.15) is 108 Å². The molecule has 0 saturated heterocycles. The van der Waals surface area contributed by atoms with E-state index in [-0.39, 0.29) is 98.2 Å². The topological polar surface area (TPSA) is 884 Å². The van der Waals surface area contributed by atoms with Gasteiger partial charge >= 0.3 is 11.9 Å². The largest absolute Gasteiger partial charge is 0.508 e. The zero-order valence-electron chi connectivity index (χ0n) is 73.9. The molecule has 17 amide bonds. The molecule has 0 unspecified atom stereocenters. The van der Waals surface area contributed by atoms with E-state index in [2.05, 4.69) is 107 Å². The average molecular weight is 1940 g/mol. The Morgan fingerprint density at radius 3 is 1.35 bits per heavy atom. The summed E-state index contributed by atoms with van der Waals surface area (Å²) in [6, 6.07) is -15.8. The standard InChI is InChI=1S/C78H127N27O25S3/c1-36(2)60-75(130)98-49(24-59(114)115)69(124)104-55-35-133-32-42-21-40(20-41(22-42)31-132-34-54(102-61(116)37(3)79)74(129)101-51(28-107)71(126)95-46(10-7-19-89-78(85)86)66(121)97-48(23-39-11-13-43(109)14-12-39)68(123)96-47(67(122)105-60)15-16-58(112)113)30-131-33-53(64(119)90-25-56(80)110)103-62(117)38(4)92-70(125)50(27-106)100-72(127)52(29-108)99-65(120)45(9-6-18-88-77(83)84)93-57(111)26-91-63(118)44(94-73(55)128)8-5-17-87-76(81)82/h11-14,20-22,36-38,44-55,60,76-78,87-89,106-109H,5-10,15-19,23-35,79,81-86H2,1-4H3,(H2,80,110)(H,90,119)(H,91,118)(H,92,125)(H,93,111)(H,94,128)(H,95,126)(H,96,123)(H,97,121)(H,98,130)(H,99,120)(H,100,127)(H,101,129)(H,102,116)(H,103,117)(H,104,124)(H,105,122)(H,112,113)(H,114,115)/p+1/t37-,38-,44-,45-,46-,47-,48-,49-,50-,51-,52+,53-,54-,55-,60-/m0/s1. The Labute approximate surface area is 777 Å². The predicted molar refractivity (Wildman–Crippen MR) is 480 cm³/mol. The highest BCUT2D eigenvalue weighted by molar-refractivity contribution is 7.99. The monoisotopic (exact) mass is 1940 g/mol. The van der Waals surface area contributed by atoms with Gasteiger partial charge in [0.1, 0.15) is 109 Å². The molecule has 0 aromatic heterocycles. The fourth-order valence-corrected chi connectivity index (χ4v) is 15.7. The van der Waals surface area contributed by atoms with Gasteiger partial charge in [0.05, 0.1) is 39.3 Å². The van der Waals surface area contributed by atoms with Crippen molar-refractivity contribution in [1.29, 1.82) is 0 Å². The number of aromatic hydroxyl groups is 1. The van der Waals surface area contributed by atoms with E-state index in [4.69, 9.17) is 40.1 Å². The van der Waals surface area contributed by atoms with E-state index in [1.54, 1.807) is 18.2 Å². The van der Waals surface area contributed by atoms with E-state index in [1.807, 2.05) is 0 Å². The average Bonchev–Trinajstić information content (AvgIpc) is 1.09. The third kappa shape index (κ3) is 43.1. The van der Waals surface area contributed by atoms with Crippen molar-refractivity contribution in [3.8, 4) is 5.75 Å². The lowest BCUT2D eigenvalue weighted by Crippen LogP contribution is -2.68. The lowest BCUT2D eigenvalue weighted by atomic mass is 10.0. The number of carboxylic acid groups (broad SMARTS) is 2. The van der Waals surface area contributed by atoms with E-state index in [0.717, 1.165) is 42.2 Å². The van der Waals surface area contributed by atoms with Crippen LogP contribution in [0.4, 0.5) is 0 Å². The lowest BCUT2D eigenvalue weighted by molar-refractivity contribution is -0.398. The number of primary amides is 1. The molecule has 55 heteroatoms. The molecule has 0 spiro atoms. The number of nitrogens with one attached hydrogen (secondary N) is 19. The SMILES string of the molecule is CC(C)[C@@H]1NC(=O)[C@H](CCC(=O)O)NC(=O)[C@H](Cc2ccc(O)cc2)NC(=O)[C@H](CCCNC(N)N)NC(=O)[C@H](CO)NC(=O)[C@@H](NC(=O)[C@H](C)[NH3+])CSCc2cc3cc(c2)CSC[C@H](NC(=O)[C@H](CC(=O)O)NC1=O)C(=O)N[C@@H](CCCNC(N)N)C(=O)NCC(=O)N[C@@H](CCCNC(N)N)C(=O)N[C@H](CO)C(=O)N[C@@H](CO)C(=O)N[C@@H](C)C(=O)N[C@H](C(=O)NCC(N)=O)CSC3. The molecule has 2 aromatic carbocycles. The fourth-order valence-electron chi connectivity index (χ4n) is 12.7. The number of carboxylic acids is 2. The van der Waals surface area contributed by atoms with Crippen LogP contribution in [0.2, 0.25) is 0 Å². The van der Waals surface area contributed by atoms with Crippen molar-refractivity contribution in [3.05, 3.63) is 64.7 Å². The number of quaternary nitrogens is 1. The van der Waals surface area contributed by atoms with Crippen LogP contribution in [-0.4, -0.2) is 322 Å². The van der Waals surface area contributed by atoms with Gasteiger partial charge in [-0.05, 0) is 119 Å². The zero-order chi connectivity index (χ0) is 99.3. The lowest BCUT2D eigenvalue weighted by Gasteiger charge is -2.29. The van der Waals surface area contributed by atoms with Crippen molar-refractivity contribution in [1.82, 2.24) is 101 Å². The number of hydrogen-bond donors (Lipinski definition) is 33. The number of benzene rings is 2. The summed E-state index contributed by atoms with van der Waals surface area (Å²) in [5, 5.41) is 109. The number of carbonyl (C=O) groups excluding carboxylic acids is 17. The number of nitrogens with two attached hydrogens (primary N) is 7. The van der Waals surface area contributed by atoms with Gasteiger partial charge in [-0.25, -0.2) is 0 Å². The highest BCUT2D eigenvalue weighted by Gasteiger charge is 2.40. The Hall–Kier alpha value is -11.3. The van der Waals surface area contributed by atoms with Gasteiger partial charge < -0.3 is 162 Å². The summed E-state index contributed by atoms with van der Waals surface area (Å²) in [5.41, 5.74) is 44.9. The summed E-state index contributed by atoms with van der Waals surface area (Å²) in [7, 11) is 0. The third-order valence-corrected chi connectivity index (χ3v) is 23.1. The van der Waals surface area contributed by atoms with Gasteiger partial charge in [0.2, 0.25) is 94.5 Å². The van der Waals surface area contributed by atoms with Crippen LogP contribution >= 0.6 is 35.3 Å². The summed E-state index contributed by atoms with van der Waals surface area (Å²) < 4.78 is 0. The van der Waals surface area contributed by atoms with Gasteiger partial charge in [-0.15, -0.1) is 0 Å². The number of hydrogen-bond acceptors (Lipinski definition) is 35. The first-order valence-electron chi connectivity index (χ1n) is 42.4. The second-order valence-electron chi connectivity index (χ2n) is 31.6. The summed E-state index contributed by atoms with van der Waals surface area (Å²) >= 11 is 2.96. The number of amides is 17. The highest BCUT2D eigenvalue weighted by atomic mass is 32.2. The number of fused-ring (bicyclic) bond motifs is 5. The molecule has 42 N–H and O–H groups in total. The maximum atomic E-state index is 15.3. The second-order valence-corrected chi connectivity index (χ2v) is 34.7. The van der Waals surface area contributed by atoms with Crippen LogP contribution in [0.25, 0.3) is 0 Å². The van der Waals surface area contributed by atoms with Gasteiger partial charge in [0.25, 0.3) is 5.91 Å². The molecule has 15 atom stereocenters. The molecule has 0 aliphatic carbocycles. The summed E-state index contributed by atoms with van der Waals surface area (Å²) in [6.07, 6.45) is -7.38. The Morgan fingerprint density at radius 2 is 0.880 bits per heavy atom. The molecule has 2 heterocycles. The normalized spacial score (nSPS) is 24.2. The van der Waals surface area contributed by atoms with Crippen LogP contribution in [0.5, 0.6) is 5.75 Å². The molecule has 133 heavy (non-hydrogen) atoms. The molecule has 4 rings (SSSR count). The molecule has 4 bridgehead atoms. The summed E-state index contributed by atoms with van der Waals surface area (Å²) in [4.78, 5) is 268. The first-order valence-corrected chi connectivity index (χ1v) is 45.8. The Balaban J connectivity index is 2.09. The number of aliphatic hydroxyl groups is 3. The van der Waals surface area contributed by atoms with Gasteiger partial charge in [0, 0.05) is 47.4 Å². The van der Waals surface area contributed by atoms with Crippen molar-refractivity contribution in [2.75, 3.05) is 69.8 Å². The Bertz CT molecular complexity index is 4300. The molecular weight excluding hydrogens is 1810 g/mol. The van der Waals surface area contributed by atoms with Crippen LogP contribution in [-0.2, 0) is 115 Å². The molecule has 0 radical (unpaired) electrons. The highest BCUT2D eigenvalue weighted by Crippen LogP contribution is 2.25. The van der Waals surface area contributed by atoms with E-state index in [9.17, 15) is 112 Å². The van der Waals surface area contributed by atoms with Crippen molar-refractivity contribution in [2.24, 2.45) is 46.1 Å². The fraction of sp³-hybridized carbons (Fsp3) is 0.603. The molecule has 742 valence electrons. The van der Waals surface area contributed by atoms with Crippen molar-refractivity contribution >= 4 is 148 Å². The molecule has 52 nitrogen and oxygen atoms in total. The maximum absolute atomic E-state index is 15.3. The zero-order valence-corrected chi connectivity index (χ0v) is 76.3. The maximum Gasteiger partial charge on any atom is 0.305 e. The van der Waals surface area contributed by atoms with Crippen LogP contribution in [0.3, 0.4) is 0 Å². The van der Waals surface area contributed by atoms with Crippen molar-refractivity contribution in [2.45, 2.75) is 219 Å². The number of phenols is 1. The van der Waals surface area contributed by atoms with E-state index in [0.29, 0.717) is 16.7 Å². The smallest absolute Gasteiger partial charge is 0.305 e. The number of rotatable bonds is 31. The molecule has 0 fully saturated rings. The van der Waals surface area contributed by atoms with Crippen LogP contribution < -0.4 is 147 Å². The van der Waals surface area contributed by atoms with Crippen molar-refractivity contribution in [3.63, 3.8) is 0 Å². The van der Waals surface area contributed by atoms with Gasteiger partial charge in [-0.1, -0.05) is 44.2 Å². The molecule has 2 aromatic rings. The summed E-state index contributed by atoms with van der Waals surface area (Å²) in [6.45, 7) is 0.207. The predicted octanol–water partition coefficient (Wildman–Crippen LogP) is -14.8. The van der Waals surface area contributed by atoms with Gasteiger partial charge in [-0.2, -0.15) is 35.3 Å².